The molecule has 18 heavy (non-hydrogen) atoms. The molecule has 1 aliphatic rings. The second-order valence-electron chi connectivity index (χ2n) is 3.88. The molecule has 0 bridgehead atoms. The van der Waals surface area contributed by atoms with Gasteiger partial charge in [0.15, 0.2) is 11.5 Å². The molecule has 2 rings (SSSR count). The van der Waals surface area contributed by atoms with E-state index in [-0.39, 0.29) is 6.79 Å². The number of hydrogen-bond acceptors (Lipinski definition) is 5. The van der Waals surface area contributed by atoms with E-state index < -0.39 is 11.6 Å². The first-order valence-electron chi connectivity index (χ1n) is 5.26. The van der Waals surface area contributed by atoms with Crippen molar-refractivity contribution in [2.75, 3.05) is 13.9 Å². The van der Waals surface area contributed by atoms with E-state index >= 15 is 0 Å². The van der Waals surface area contributed by atoms with Gasteiger partial charge in [0.25, 0.3) is 0 Å². The van der Waals surface area contributed by atoms with Gasteiger partial charge in [-0.2, -0.15) is 0 Å². The van der Waals surface area contributed by atoms with Gasteiger partial charge in [-0.1, -0.05) is 12.0 Å². The maximum Gasteiger partial charge on any atom is 0.384 e. The van der Waals surface area contributed by atoms with E-state index in [2.05, 4.69) is 16.6 Å². The zero-order valence-corrected chi connectivity index (χ0v) is 10.0. The fourth-order valence-electron chi connectivity index (χ4n) is 1.50. The van der Waals surface area contributed by atoms with E-state index in [0.29, 0.717) is 17.1 Å². The molecule has 5 nitrogen and oxygen atoms in total. The maximum atomic E-state index is 10.9. The minimum absolute atomic E-state index is 0.161. The molecule has 1 unspecified atom stereocenters. The minimum atomic E-state index is -1.46. The molecule has 0 aliphatic carbocycles. The molecule has 1 N–H and O–H groups in total. The van der Waals surface area contributed by atoms with Crippen LogP contribution in [-0.2, 0) is 15.1 Å². The van der Waals surface area contributed by atoms with Crippen molar-refractivity contribution in [2.45, 2.75) is 12.5 Å². The third kappa shape index (κ3) is 2.39. The van der Waals surface area contributed by atoms with Crippen LogP contribution in [0.3, 0.4) is 0 Å². The Kier molecular flexibility index (Phi) is 3.13. The van der Waals surface area contributed by atoms with Crippen molar-refractivity contribution in [2.24, 2.45) is 0 Å². The fourth-order valence-corrected chi connectivity index (χ4v) is 1.50. The lowest BCUT2D eigenvalue weighted by Gasteiger charge is -2.16. The van der Waals surface area contributed by atoms with Crippen LogP contribution in [0.2, 0.25) is 0 Å². The molecule has 0 spiro atoms. The van der Waals surface area contributed by atoms with Gasteiger partial charge in [0.05, 0.1) is 7.11 Å². The standard InChI is InChI=1S/C13H12O5/c1-13(15,6-5-12(14)16-2)9-3-4-10-11(7-9)18-8-17-10/h3-4,7,15H,8H2,1-2H3. The Hall–Kier alpha value is -2.19. The highest BCUT2D eigenvalue weighted by molar-refractivity contribution is 5.88. The van der Waals surface area contributed by atoms with E-state index in [1.54, 1.807) is 18.2 Å². The maximum absolute atomic E-state index is 10.9. The van der Waals surface area contributed by atoms with Crippen LogP contribution in [0.5, 0.6) is 11.5 Å². The summed E-state index contributed by atoms with van der Waals surface area (Å²) in [6.45, 7) is 1.65. The summed E-state index contributed by atoms with van der Waals surface area (Å²) in [5, 5.41) is 10.2. The number of methoxy groups -OCH3 is 1. The molecule has 0 aromatic heterocycles. The predicted molar refractivity (Wildman–Crippen MR) is 61.9 cm³/mol. The number of esters is 1. The van der Waals surface area contributed by atoms with Crippen molar-refractivity contribution in [3.63, 3.8) is 0 Å². The van der Waals surface area contributed by atoms with E-state index in [1.165, 1.54) is 14.0 Å². The first kappa shape index (κ1) is 12.3. The van der Waals surface area contributed by atoms with Crippen molar-refractivity contribution >= 4 is 5.97 Å². The molecule has 1 heterocycles. The largest absolute Gasteiger partial charge is 0.459 e. The van der Waals surface area contributed by atoms with Gasteiger partial charge in [0, 0.05) is 5.92 Å². The topological polar surface area (TPSA) is 65.0 Å². The summed E-state index contributed by atoms with van der Waals surface area (Å²) < 4.78 is 14.8. The van der Waals surface area contributed by atoms with Gasteiger partial charge < -0.3 is 19.3 Å². The van der Waals surface area contributed by atoms with Crippen molar-refractivity contribution < 1.29 is 24.1 Å². The van der Waals surface area contributed by atoms with Gasteiger partial charge in [-0.25, -0.2) is 4.79 Å². The number of aliphatic hydroxyl groups is 1. The van der Waals surface area contributed by atoms with Crippen LogP contribution in [0.1, 0.15) is 12.5 Å². The van der Waals surface area contributed by atoms with E-state index in [0.717, 1.165) is 0 Å². The van der Waals surface area contributed by atoms with Crippen LogP contribution < -0.4 is 9.47 Å². The fraction of sp³-hybridized carbons (Fsp3) is 0.308. The number of carbonyl (C=O) groups excluding carboxylic acids is 1. The summed E-state index contributed by atoms with van der Waals surface area (Å²) in [4.78, 5) is 10.9. The molecule has 0 fully saturated rings. The van der Waals surface area contributed by atoms with Crippen molar-refractivity contribution in [1.82, 2.24) is 0 Å². The molecule has 5 heteroatoms. The SMILES string of the molecule is COC(=O)C#CC(C)(O)c1ccc2c(c1)OCO2. The average molecular weight is 248 g/mol. The Morgan fingerprint density at radius 2 is 2.17 bits per heavy atom. The molecular formula is C13H12O5. The third-order valence-corrected chi connectivity index (χ3v) is 2.53. The summed E-state index contributed by atoms with van der Waals surface area (Å²) in [5.41, 5.74) is -0.946. The van der Waals surface area contributed by atoms with E-state index in [4.69, 9.17) is 9.47 Å². The lowest BCUT2D eigenvalue weighted by atomic mass is 9.96. The van der Waals surface area contributed by atoms with Crippen LogP contribution in [0, 0.1) is 11.8 Å². The van der Waals surface area contributed by atoms with Crippen LogP contribution in [0.25, 0.3) is 0 Å². The monoisotopic (exact) mass is 248 g/mol. The van der Waals surface area contributed by atoms with Crippen LogP contribution in [0.4, 0.5) is 0 Å². The van der Waals surface area contributed by atoms with Gasteiger partial charge in [-0.05, 0) is 24.6 Å². The number of fused-ring (bicyclic) bond motifs is 1. The van der Waals surface area contributed by atoms with Crippen molar-refractivity contribution in [3.8, 4) is 23.3 Å². The Labute approximate surface area is 104 Å². The smallest absolute Gasteiger partial charge is 0.384 e. The first-order valence-corrected chi connectivity index (χ1v) is 5.26. The number of ether oxygens (including phenoxy) is 3. The first-order chi connectivity index (χ1) is 8.53. The summed E-state index contributed by atoms with van der Waals surface area (Å²) >= 11 is 0. The Balaban J connectivity index is 2.29. The highest BCUT2D eigenvalue weighted by Gasteiger charge is 2.24. The zero-order valence-electron chi connectivity index (χ0n) is 10.0. The quantitative estimate of drug-likeness (QED) is 0.452. The molecule has 1 aliphatic heterocycles. The minimum Gasteiger partial charge on any atom is -0.459 e. The molecule has 0 amide bonds. The molecule has 1 aromatic rings. The average Bonchev–Trinajstić information content (AvgIpc) is 2.83. The predicted octanol–water partition coefficient (Wildman–Crippen LogP) is 0.799. The highest BCUT2D eigenvalue weighted by atomic mass is 16.7. The van der Waals surface area contributed by atoms with Crippen LogP contribution in [0.15, 0.2) is 18.2 Å². The summed E-state index contributed by atoms with van der Waals surface area (Å²) in [6, 6.07) is 4.99. The second kappa shape index (κ2) is 4.59. The number of carbonyl (C=O) groups is 1. The second-order valence-corrected chi connectivity index (χ2v) is 3.88. The number of hydrogen-bond donors (Lipinski definition) is 1. The highest BCUT2D eigenvalue weighted by Crippen LogP contribution is 2.35. The molecule has 1 atom stereocenters. The van der Waals surface area contributed by atoms with Gasteiger partial charge >= 0.3 is 5.97 Å². The summed E-state index contributed by atoms with van der Waals surface area (Å²) in [6.07, 6.45) is 0. The molecule has 1 aromatic carbocycles. The Morgan fingerprint density at radius 3 is 2.89 bits per heavy atom. The van der Waals surface area contributed by atoms with E-state index in [9.17, 15) is 9.90 Å². The van der Waals surface area contributed by atoms with Gasteiger partial charge in [0.2, 0.25) is 6.79 Å². The Morgan fingerprint density at radius 1 is 1.44 bits per heavy atom. The van der Waals surface area contributed by atoms with Gasteiger partial charge in [-0.15, -0.1) is 0 Å². The lowest BCUT2D eigenvalue weighted by molar-refractivity contribution is -0.133. The molecule has 0 saturated heterocycles. The normalized spacial score (nSPS) is 15.3. The number of rotatable bonds is 1. The molecule has 0 saturated carbocycles. The third-order valence-electron chi connectivity index (χ3n) is 2.53. The van der Waals surface area contributed by atoms with Crippen molar-refractivity contribution in [1.29, 1.82) is 0 Å². The van der Waals surface area contributed by atoms with Crippen molar-refractivity contribution in [3.05, 3.63) is 23.8 Å². The van der Waals surface area contributed by atoms with Gasteiger partial charge in [-0.3, -0.25) is 0 Å². The zero-order chi connectivity index (χ0) is 13.2. The van der Waals surface area contributed by atoms with Crippen LogP contribution in [-0.4, -0.2) is 25.0 Å². The van der Waals surface area contributed by atoms with Gasteiger partial charge in [0.1, 0.15) is 5.60 Å². The van der Waals surface area contributed by atoms with Crippen LogP contribution >= 0.6 is 0 Å². The summed E-state index contributed by atoms with van der Waals surface area (Å²) in [5.74, 6) is 5.13. The Bertz CT molecular complexity index is 536. The molecule has 0 radical (unpaired) electrons. The molecule has 94 valence electrons. The number of benzene rings is 1. The lowest BCUT2D eigenvalue weighted by Crippen LogP contribution is -2.19. The summed E-state index contributed by atoms with van der Waals surface area (Å²) in [7, 11) is 1.23. The van der Waals surface area contributed by atoms with E-state index in [1.807, 2.05) is 0 Å². The molecular weight excluding hydrogens is 236 g/mol.